The van der Waals surface area contributed by atoms with Crippen LogP contribution < -0.4 is 15.4 Å². The second kappa shape index (κ2) is 14.0. The number of aromatic hydroxyl groups is 2. The van der Waals surface area contributed by atoms with Crippen molar-refractivity contribution < 1.29 is 34.1 Å². The molecule has 10 heteroatoms. The van der Waals surface area contributed by atoms with Crippen LogP contribution in [0.4, 0.5) is 10.5 Å². The summed E-state index contributed by atoms with van der Waals surface area (Å²) in [6.07, 6.45) is -0.712. The molecule has 2 atom stereocenters. The number of rotatable bonds is 10. The van der Waals surface area contributed by atoms with Crippen molar-refractivity contribution in [1.82, 2.24) is 10.2 Å². The van der Waals surface area contributed by atoms with Crippen LogP contribution in [-0.2, 0) is 20.7 Å². The molecular formula is C33H41N3O7. The van der Waals surface area contributed by atoms with Crippen LogP contribution in [0.25, 0.3) is 0 Å². The van der Waals surface area contributed by atoms with E-state index in [4.69, 9.17) is 9.47 Å². The van der Waals surface area contributed by atoms with E-state index in [1.54, 1.807) is 97.2 Å². The molecule has 43 heavy (non-hydrogen) atoms. The highest BCUT2D eigenvalue weighted by molar-refractivity contribution is 5.99. The second-order valence-corrected chi connectivity index (χ2v) is 11.6. The van der Waals surface area contributed by atoms with Crippen LogP contribution in [-0.4, -0.2) is 57.8 Å². The highest BCUT2D eigenvalue weighted by Crippen LogP contribution is 2.30. The van der Waals surface area contributed by atoms with Crippen LogP contribution in [0.2, 0.25) is 0 Å². The SMILES string of the molecule is COc1ccc(NC(=O)C(c2ccc(O)c(C)c2)N(C(=O)C(Cc2ccc(O)cc2)NC(=O)OC(C)(C)C)C(C)C)cc1. The van der Waals surface area contributed by atoms with Gasteiger partial charge in [0, 0.05) is 18.2 Å². The first kappa shape index (κ1) is 32.8. The van der Waals surface area contributed by atoms with E-state index in [9.17, 15) is 24.6 Å². The van der Waals surface area contributed by atoms with Crippen molar-refractivity contribution in [3.8, 4) is 17.2 Å². The minimum Gasteiger partial charge on any atom is -0.508 e. The normalized spacial score (nSPS) is 12.7. The number of hydrogen-bond acceptors (Lipinski definition) is 7. The summed E-state index contributed by atoms with van der Waals surface area (Å²) in [5.41, 5.74) is 1.37. The molecule has 0 saturated carbocycles. The van der Waals surface area contributed by atoms with Gasteiger partial charge in [-0.05, 0) is 107 Å². The van der Waals surface area contributed by atoms with Gasteiger partial charge < -0.3 is 35.2 Å². The first-order chi connectivity index (χ1) is 20.2. The topological polar surface area (TPSA) is 137 Å². The van der Waals surface area contributed by atoms with Gasteiger partial charge in [0.25, 0.3) is 5.91 Å². The fourth-order valence-electron chi connectivity index (χ4n) is 4.55. The van der Waals surface area contributed by atoms with Gasteiger partial charge in [0.1, 0.15) is 34.9 Å². The third kappa shape index (κ3) is 9.13. The monoisotopic (exact) mass is 591 g/mol. The van der Waals surface area contributed by atoms with Crippen LogP contribution >= 0.6 is 0 Å². The predicted octanol–water partition coefficient (Wildman–Crippen LogP) is 5.47. The lowest BCUT2D eigenvalue weighted by Gasteiger charge is -2.37. The first-order valence-corrected chi connectivity index (χ1v) is 14.0. The minimum atomic E-state index is -1.13. The van der Waals surface area contributed by atoms with Gasteiger partial charge in [0.15, 0.2) is 0 Å². The average Bonchev–Trinajstić information content (AvgIpc) is 2.93. The molecule has 0 heterocycles. The van der Waals surface area contributed by atoms with Crippen LogP contribution in [0.3, 0.4) is 0 Å². The van der Waals surface area contributed by atoms with Crippen molar-refractivity contribution in [2.45, 2.75) is 71.7 Å². The molecule has 0 aliphatic carbocycles. The van der Waals surface area contributed by atoms with Crippen LogP contribution in [0, 0.1) is 6.92 Å². The first-order valence-electron chi connectivity index (χ1n) is 14.0. The van der Waals surface area contributed by atoms with E-state index in [-0.39, 0.29) is 17.9 Å². The third-order valence-corrected chi connectivity index (χ3v) is 6.60. The lowest BCUT2D eigenvalue weighted by molar-refractivity contribution is -0.142. The number of anilines is 1. The van der Waals surface area contributed by atoms with Gasteiger partial charge in [-0.3, -0.25) is 9.59 Å². The number of nitrogens with zero attached hydrogens (tertiary/aromatic N) is 1. The fraction of sp³-hybridized carbons (Fsp3) is 0.364. The van der Waals surface area contributed by atoms with Gasteiger partial charge in [-0.15, -0.1) is 0 Å². The predicted molar refractivity (Wildman–Crippen MR) is 164 cm³/mol. The van der Waals surface area contributed by atoms with E-state index in [2.05, 4.69) is 10.6 Å². The van der Waals surface area contributed by atoms with Crippen LogP contribution in [0.1, 0.15) is 57.4 Å². The van der Waals surface area contributed by atoms with E-state index < -0.39 is 41.6 Å². The maximum Gasteiger partial charge on any atom is 0.408 e. The Balaban J connectivity index is 2.07. The number of carbonyl (C=O) groups excluding carboxylic acids is 3. The van der Waals surface area contributed by atoms with E-state index >= 15 is 0 Å². The zero-order valence-corrected chi connectivity index (χ0v) is 25.7. The summed E-state index contributed by atoms with van der Waals surface area (Å²) in [6.45, 7) is 10.4. The maximum absolute atomic E-state index is 14.4. The zero-order valence-electron chi connectivity index (χ0n) is 25.7. The molecule has 0 aromatic heterocycles. The third-order valence-electron chi connectivity index (χ3n) is 6.60. The van der Waals surface area contributed by atoms with Gasteiger partial charge in [-0.25, -0.2) is 4.79 Å². The number of methoxy groups -OCH3 is 1. The highest BCUT2D eigenvalue weighted by atomic mass is 16.6. The molecule has 3 aromatic rings. The summed E-state index contributed by atoms with van der Waals surface area (Å²) >= 11 is 0. The molecule has 230 valence electrons. The minimum absolute atomic E-state index is 0.0530. The summed E-state index contributed by atoms with van der Waals surface area (Å²) in [6, 6.07) is 15.1. The van der Waals surface area contributed by atoms with Crippen molar-refractivity contribution in [2.75, 3.05) is 12.4 Å². The molecule has 0 spiro atoms. The Labute approximate surface area is 252 Å². The number of amides is 3. The summed E-state index contributed by atoms with van der Waals surface area (Å²) < 4.78 is 10.7. The Morgan fingerprint density at radius 2 is 1.56 bits per heavy atom. The maximum atomic E-state index is 14.4. The van der Waals surface area contributed by atoms with Crippen molar-refractivity contribution in [1.29, 1.82) is 0 Å². The summed E-state index contributed by atoms with van der Waals surface area (Å²) in [7, 11) is 1.54. The molecule has 0 aliphatic rings. The smallest absolute Gasteiger partial charge is 0.408 e. The quantitative estimate of drug-likeness (QED) is 0.245. The van der Waals surface area contributed by atoms with Gasteiger partial charge in [0.2, 0.25) is 5.91 Å². The van der Waals surface area contributed by atoms with Gasteiger partial charge in [0.05, 0.1) is 7.11 Å². The van der Waals surface area contributed by atoms with E-state index in [0.29, 0.717) is 28.1 Å². The summed E-state index contributed by atoms with van der Waals surface area (Å²) in [5.74, 6) is -0.272. The lowest BCUT2D eigenvalue weighted by Crippen LogP contribution is -2.55. The highest BCUT2D eigenvalue weighted by Gasteiger charge is 2.38. The molecule has 2 unspecified atom stereocenters. The van der Waals surface area contributed by atoms with E-state index in [1.807, 2.05) is 0 Å². The molecule has 3 amide bonds. The van der Waals surface area contributed by atoms with Crippen molar-refractivity contribution in [3.05, 3.63) is 83.4 Å². The number of alkyl carbamates (subject to hydrolysis) is 1. The molecule has 3 rings (SSSR count). The van der Waals surface area contributed by atoms with Crippen molar-refractivity contribution in [3.63, 3.8) is 0 Å². The molecule has 4 N–H and O–H groups in total. The largest absolute Gasteiger partial charge is 0.508 e. The standard InChI is InChI=1S/C33H41N3O7/c1-20(2)36(31(40)27(35-32(41)43-33(4,5)6)19-22-8-13-25(37)14-9-22)29(23-10-17-28(38)21(3)18-23)30(39)34-24-11-15-26(42-7)16-12-24/h8-18,20,27,29,37-38H,19H2,1-7H3,(H,34,39)(H,35,41). The Bertz CT molecular complexity index is 1410. The number of benzene rings is 3. The van der Waals surface area contributed by atoms with E-state index in [1.165, 1.54) is 23.1 Å². The second-order valence-electron chi connectivity index (χ2n) is 11.6. The number of phenols is 2. The van der Waals surface area contributed by atoms with Gasteiger partial charge in [-0.1, -0.05) is 18.2 Å². The molecule has 0 aliphatic heterocycles. The lowest BCUT2D eigenvalue weighted by atomic mass is 9.97. The molecule has 0 saturated heterocycles. The number of phenolic OH excluding ortho intramolecular Hbond substituents is 2. The van der Waals surface area contributed by atoms with Crippen LogP contribution in [0.5, 0.6) is 17.2 Å². The molecule has 10 nitrogen and oxygen atoms in total. The molecule has 0 bridgehead atoms. The van der Waals surface area contributed by atoms with Crippen molar-refractivity contribution in [2.24, 2.45) is 0 Å². The van der Waals surface area contributed by atoms with Gasteiger partial charge in [-0.2, -0.15) is 0 Å². The Morgan fingerprint density at radius 3 is 2.09 bits per heavy atom. The zero-order chi connectivity index (χ0) is 31.9. The molecular weight excluding hydrogens is 550 g/mol. The number of ether oxygens (including phenoxy) is 2. The molecule has 0 radical (unpaired) electrons. The number of hydrogen-bond donors (Lipinski definition) is 4. The summed E-state index contributed by atoms with van der Waals surface area (Å²) in [5, 5.41) is 25.5. The van der Waals surface area contributed by atoms with Gasteiger partial charge >= 0.3 is 6.09 Å². The fourth-order valence-corrected chi connectivity index (χ4v) is 4.55. The Morgan fingerprint density at radius 1 is 0.930 bits per heavy atom. The van der Waals surface area contributed by atoms with E-state index in [0.717, 1.165) is 0 Å². The van der Waals surface area contributed by atoms with Crippen LogP contribution in [0.15, 0.2) is 66.7 Å². The molecule has 0 fully saturated rings. The summed E-state index contributed by atoms with van der Waals surface area (Å²) in [4.78, 5) is 42.8. The molecule has 3 aromatic carbocycles. The van der Waals surface area contributed by atoms with Crippen molar-refractivity contribution >= 4 is 23.6 Å². The number of nitrogens with one attached hydrogen (secondary N) is 2. The Hall–Kier alpha value is -4.73. The Kier molecular flexibility index (Phi) is 10.6. The number of aryl methyl sites for hydroxylation is 1. The average molecular weight is 592 g/mol. The number of carbonyl (C=O) groups is 3.